The van der Waals surface area contributed by atoms with Crippen LogP contribution in [0, 0.1) is 0 Å². The van der Waals surface area contributed by atoms with E-state index < -0.39 is 17.9 Å². The van der Waals surface area contributed by atoms with Crippen LogP contribution in [0.2, 0.25) is 0 Å². The Morgan fingerprint density at radius 3 is 2.14 bits per heavy atom. The van der Waals surface area contributed by atoms with Crippen molar-refractivity contribution in [3.8, 4) is 0 Å². The lowest BCUT2D eigenvalue weighted by molar-refractivity contribution is -0.118. The highest BCUT2D eigenvalue weighted by Gasteiger charge is 2.17. The number of nitrogens with one attached hydrogen (secondary N) is 1. The van der Waals surface area contributed by atoms with Gasteiger partial charge in [-0.15, -0.1) is 0 Å². The lowest BCUT2D eigenvalue weighted by Gasteiger charge is -2.10. The van der Waals surface area contributed by atoms with Crippen molar-refractivity contribution in [3.05, 3.63) is 77.9 Å². The minimum absolute atomic E-state index is 0.345. The largest absolute Gasteiger partial charge is 0.367 e. The minimum Gasteiger partial charge on any atom is -0.367 e. The maximum Gasteiger partial charge on any atom is 0.246 e. The van der Waals surface area contributed by atoms with E-state index in [1.54, 1.807) is 36.4 Å². The summed E-state index contributed by atoms with van der Waals surface area (Å²) in [5.41, 5.74) is 1.20. The van der Waals surface area contributed by atoms with Gasteiger partial charge >= 0.3 is 0 Å². The van der Waals surface area contributed by atoms with Gasteiger partial charge in [-0.05, 0) is 11.6 Å². The van der Waals surface area contributed by atoms with Crippen LogP contribution in [-0.2, 0) is 4.79 Å². The fourth-order valence-electron chi connectivity index (χ4n) is 1.74. The molecule has 0 aliphatic rings. The van der Waals surface area contributed by atoms with Crippen LogP contribution in [0.1, 0.15) is 15.9 Å². The molecule has 2 aromatic carbocycles. The predicted octanol–water partition coefficient (Wildman–Crippen LogP) is 2.02. The minimum atomic E-state index is -1.56. The van der Waals surface area contributed by atoms with Gasteiger partial charge in [0.1, 0.15) is 0 Å². The number of Topliss-reactive ketones (excluding diaryl/α,β-unsaturated/α-hetero) is 1. The second-order valence-corrected chi connectivity index (χ2v) is 4.39. The predicted molar refractivity (Wildman–Crippen MR) is 80.4 cm³/mol. The molecule has 0 unspecified atom stereocenters. The highest BCUT2D eigenvalue weighted by Crippen LogP contribution is 2.03. The van der Waals surface area contributed by atoms with E-state index in [1.165, 1.54) is 6.08 Å². The Bertz CT molecular complexity index is 636. The molecule has 0 spiro atoms. The van der Waals surface area contributed by atoms with E-state index in [9.17, 15) is 14.7 Å². The van der Waals surface area contributed by atoms with Gasteiger partial charge in [0.05, 0.1) is 0 Å². The third kappa shape index (κ3) is 4.40. The standard InChI is InChI=1S/C17H15NO3/c19-15(12-11-13-7-3-1-4-8-13)18-17(21)16(20)14-9-5-2-6-10-14/h1-12,17,21H,(H,18,19)/b12-11+/t17-/m0/s1. The van der Waals surface area contributed by atoms with Crippen LogP contribution in [-0.4, -0.2) is 23.0 Å². The number of ketones is 1. The highest BCUT2D eigenvalue weighted by molar-refractivity contribution is 6.02. The van der Waals surface area contributed by atoms with Gasteiger partial charge in [0, 0.05) is 11.6 Å². The molecule has 0 aromatic heterocycles. The molecule has 4 nitrogen and oxygen atoms in total. The molecule has 0 bridgehead atoms. The molecule has 4 heteroatoms. The second-order valence-electron chi connectivity index (χ2n) is 4.39. The number of aliphatic hydroxyl groups is 1. The Hall–Kier alpha value is -2.72. The molecule has 0 saturated carbocycles. The van der Waals surface area contributed by atoms with E-state index in [0.29, 0.717) is 5.56 Å². The van der Waals surface area contributed by atoms with Crippen LogP contribution in [0.3, 0.4) is 0 Å². The first kappa shape index (κ1) is 14.7. The van der Waals surface area contributed by atoms with Gasteiger partial charge in [-0.3, -0.25) is 9.59 Å². The molecular formula is C17H15NO3. The Morgan fingerprint density at radius 1 is 0.952 bits per heavy atom. The monoisotopic (exact) mass is 281 g/mol. The summed E-state index contributed by atoms with van der Waals surface area (Å²) in [5, 5.41) is 12.0. The molecule has 2 rings (SSSR count). The Morgan fingerprint density at radius 2 is 1.52 bits per heavy atom. The molecule has 1 amide bonds. The van der Waals surface area contributed by atoms with Gasteiger partial charge in [0.2, 0.25) is 11.7 Å². The van der Waals surface area contributed by atoms with Crippen molar-refractivity contribution in [2.75, 3.05) is 0 Å². The number of aliphatic hydroxyl groups excluding tert-OH is 1. The maximum absolute atomic E-state index is 11.9. The number of carbonyl (C=O) groups is 2. The van der Waals surface area contributed by atoms with Crippen LogP contribution in [0.25, 0.3) is 6.08 Å². The molecule has 0 aliphatic heterocycles. The van der Waals surface area contributed by atoms with Crippen molar-refractivity contribution in [2.45, 2.75) is 6.23 Å². The SMILES string of the molecule is O=C(/C=C/c1ccccc1)N[C@@H](O)C(=O)c1ccccc1. The van der Waals surface area contributed by atoms with Gasteiger partial charge in [-0.25, -0.2) is 0 Å². The fraction of sp³-hybridized carbons (Fsp3) is 0.0588. The first-order chi connectivity index (χ1) is 10.2. The van der Waals surface area contributed by atoms with Crippen LogP contribution < -0.4 is 5.32 Å². The molecule has 0 saturated heterocycles. The second kappa shape index (κ2) is 7.17. The number of hydrogen-bond acceptors (Lipinski definition) is 3. The van der Waals surface area contributed by atoms with E-state index in [1.807, 2.05) is 30.3 Å². The zero-order chi connectivity index (χ0) is 15.1. The quantitative estimate of drug-likeness (QED) is 0.500. The number of carbonyl (C=O) groups excluding carboxylic acids is 2. The van der Waals surface area contributed by atoms with Crippen molar-refractivity contribution in [2.24, 2.45) is 0 Å². The van der Waals surface area contributed by atoms with Crippen molar-refractivity contribution >= 4 is 17.8 Å². The van der Waals surface area contributed by atoms with Gasteiger partial charge in [0.15, 0.2) is 6.23 Å². The number of rotatable bonds is 5. The lowest BCUT2D eigenvalue weighted by Crippen LogP contribution is -2.39. The molecule has 1 atom stereocenters. The van der Waals surface area contributed by atoms with Gasteiger partial charge < -0.3 is 10.4 Å². The summed E-state index contributed by atoms with van der Waals surface area (Å²) in [6.07, 6.45) is 1.33. The van der Waals surface area contributed by atoms with Crippen LogP contribution in [0.15, 0.2) is 66.7 Å². The molecule has 21 heavy (non-hydrogen) atoms. The maximum atomic E-state index is 11.9. The number of benzene rings is 2. The molecule has 0 radical (unpaired) electrons. The van der Waals surface area contributed by atoms with E-state index in [4.69, 9.17) is 0 Å². The summed E-state index contributed by atoms with van der Waals surface area (Å²) in [4.78, 5) is 23.5. The number of hydrogen-bond donors (Lipinski definition) is 2. The zero-order valence-corrected chi connectivity index (χ0v) is 11.3. The summed E-state index contributed by atoms with van der Waals surface area (Å²) in [7, 11) is 0. The van der Waals surface area contributed by atoms with Gasteiger partial charge in [0.25, 0.3) is 0 Å². The van der Waals surface area contributed by atoms with Crippen molar-refractivity contribution in [1.82, 2.24) is 5.32 Å². The molecule has 0 fully saturated rings. The first-order valence-corrected chi connectivity index (χ1v) is 6.48. The van der Waals surface area contributed by atoms with Gasteiger partial charge in [-0.1, -0.05) is 60.7 Å². The Labute approximate surface area is 122 Å². The normalized spacial score (nSPS) is 12.0. The topological polar surface area (TPSA) is 66.4 Å². The Balaban J connectivity index is 1.93. The average molecular weight is 281 g/mol. The average Bonchev–Trinajstić information content (AvgIpc) is 2.54. The molecule has 0 aliphatic carbocycles. The van der Waals surface area contributed by atoms with E-state index in [-0.39, 0.29) is 0 Å². The van der Waals surface area contributed by atoms with Crippen LogP contribution in [0.5, 0.6) is 0 Å². The molecule has 106 valence electrons. The summed E-state index contributed by atoms with van der Waals surface area (Å²) in [6.45, 7) is 0. The van der Waals surface area contributed by atoms with Crippen LogP contribution >= 0.6 is 0 Å². The molecule has 2 N–H and O–H groups in total. The number of amides is 1. The van der Waals surface area contributed by atoms with E-state index in [0.717, 1.165) is 5.56 Å². The van der Waals surface area contributed by atoms with E-state index in [2.05, 4.69) is 5.32 Å². The van der Waals surface area contributed by atoms with Crippen LogP contribution in [0.4, 0.5) is 0 Å². The summed E-state index contributed by atoms with van der Waals surface area (Å²) in [6, 6.07) is 17.6. The summed E-state index contributed by atoms with van der Waals surface area (Å²) >= 11 is 0. The summed E-state index contributed by atoms with van der Waals surface area (Å²) < 4.78 is 0. The van der Waals surface area contributed by atoms with Crippen molar-refractivity contribution in [1.29, 1.82) is 0 Å². The zero-order valence-electron chi connectivity index (χ0n) is 11.3. The van der Waals surface area contributed by atoms with Gasteiger partial charge in [-0.2, -0.15) is 0 Å². The summed E-state index contributed by atoms with van der Waals surface area (Å²) in [5.74, 6) is -1.08. The van der Waals surface area contributed by atoms with E-state index >= 15 is 0 Å². The van der Waals surface area contributed by atoms with Crippen molar-refractivity contribution < 1.29 is 14.7 Å². The highest BCUT2D eigenvalue weighted by atomic mass is 16.3. The first-order valence-electron chi connectivity index (χ1n) is 6.48. The molecule has 2 aromatic rings. The molecular weight excluding hydrogens is 266 g/mol. The molecule has 0 heterocycles. The smallest absolute Gasteiger partial charge is 0.246 e. The lowest BCUT2D eigenvalue weighted by atomic mass is 10.1. The third-order valence-electron chi connectivity index (χ3n) is 2.81. The fourth-order valence-corrected chi connectivity index (χ4v) is 1.74. The van der Waals surface area contributed by atoms with Crippen molar-refractivity contribution in [3.63, 3.8) is 0 Å². The Kier molecular flexibility index (Phi) is 5.01. The third-order valence-corrected chi connectivity index (χ3v) is 2.81.